The maximum atomic E-state index is 12.4. The predicted octanol–water partition coefficient (Wildman–Crippen LogP) is 3.90. The normalized spacial score (nSPS) is 15.7. The number of carbonyl (C=O) groups is 1. The van der Waals surface area contributed by atoms with Crippen LogP contribution in [0.3, 0.4) is 0 Å². The van der Waals surface area contributed by atoms with Crippen LogP contribution in [0.1, 0.15) is 42.5 Å². The van der Waals surface area contributed by atoms with E-state index in [4.69, 9.17) is 11.6 Å². The molecular weight excluding hydrogens is 292 g/mol. The molecule has 1 aromatic carbocycles. The van der Waals surface area contributed by atoms with Gasteiger partial charge in [0.2, 0.25) is 0 Å². The molecule has 1 fully saturated rings. The van der Waals surface area contributed by atoms with Crippen LogP contribution in [0.15, 0.2) is 18.2 Å². The first kappa shape index (κ1) is 15.8. The minimum Gasteiger partial charge on any atom is -0.341 e. The molecule has 0 bridgehead atoms. The second-order valence-corrected chi connectivity index (χ2v) is 6.02. The van der Waals surface area contributed by atoms with Gasteiger partial charge in [0.1, 0.15) is 0 Å². The number of benzene rings is 1. The van der Waals surface area contributed by atoms with Gasteiger partial charge in [0.05, 0.1) is 15.5 Å². The van der Waals surface area contributed by atoms with Crippen LogP contribution in [-0.2, 0) is 0 Å². The fourth-order valence-corrected chi connectivity index (χ4v) is 3.03. The monoisotopic (exact) mass is 310 g/mol. The van der Waals surface area contributed by atoms with Gasteiger partial charge < -0.3 is 4.90 Å². The summed E-state index contributed by atoms with van der Waals surface area (Å²) in [5.74, 6) is 0.263. The van der Waals surface area contributed by atoms with Gasteiger partial charge >= 0.3 is 0 Å². The van der Waals surface area contributed by atoms with Crippen molar-refractivity contribution in [2.45, 2.75) is 32.1 Å². The Morgan fingerprint density at radius 1 is 1.38 bits per heavy atom. The van der Waals surface area contributed by atoms with Crippen molar-refractivity contribution in [3.05, 3.63) is 38.9 Å². The van der Waals surface area contributed by atoms with Gasteiger partial charge in [0, 0.05) is 25.7 Å². The molecule has 0 unspecified atom stereocenters. The Morgan fingerprint density at radius 3 is 2.67 bits per heavy atom. The van der Waals surface area contributed by atoms with Crippen LogP contribution in [-0.4, -0.2) is 29.3 Å². The molecule has 0 saturated heterocycles. The Kier molecular flexibility index (Phi) is 5.17. The smallest absolute Gasteiger partial charge is 0.270 e. The third kappa shape index (κ3) is 3.94. The SMILES string of the molecule is CN(CC1CCCCC1)C(=O)c1cc([N+](=O)[O-])ccc1Cl. The highest BCUT2D eigenvalue weighted by atomic mass is 35.5. The van der Waals surface area contributed by atoms with Gasteiger partial charge in [-0.15, -0.1) is 0 Å². The zero-order valence-corrected chi connectivity index (χ0v) is 12.8. The first-order valence-corrected chi connectivity index (χ1v) is 7.56. The van der Waals surface area contributed by atoms with Crippen molar-refractivity contribution >= 4 is 23.2 Å². The maximum Gasteiger partial charge on any atom is 0.270 e. The van der Waals surface area contributed by atoms with Crippen LogP contribution in [0, 0.1) is 16.0 Å². The second-order valence-electron chi connectivity index (χ2n) is 5.61. The third-order valence-corrected chi connectivity index (χ3v) is 4.32. The number of non-ortho nitro benzene ring substituents is 1. The number of nitrogens with zero attached hydrogens (tertiary/aromatic N) is 2. The van der Waals surface area contributed by atoms with E-state index in [1.54, 1.807) is 11.9 Å². The summed E-state index contributed by atoms with van der Waals surface area (Å²) in [5, 5.41) is 11.1. The van der Waals surface area contributed by atoms with Gasteiger partial charge in [-0.3, -0.25) is 14.9 Å². The molecule has 0 aliphatic heterocycles. The van der Waals surface area contributed by atoms with E-state index in [1.807, 2.05) is 0 Å². The average Bonchev–Trinajstić information content (AvgIpc) is 2.47. The number of halogens is 1. The van der Waals surface area contributed by atoms with Crippen LogP contribution in [0.2, 0.25) is 5.02 Å². The molecule has 1 aromatic rings. The fourth-order valence-electron chi connectivity index (χ4n) is 2.84. The highest BCUT2D eigenvalue weighted by Gasteiger charge is 2.22. The van der Waals surface area contributed by atoms with E-state index < -0.39 is 4.92 Å². The summed E-state index contributed by atoms with van der Waals surface area (Å²) >= 11 is 6.01. The van der Waals surface area contributed by atoms with Gasteiger partial charge in [0.25, 0.3) is 11.6 Å². The molecule has 1 aliphatic carbocycles. The standard InChI is InChI=1S/C15H19ClN2O3/c1-17(10-11-5-3-2-4-6-11)15(19)13-9-12(18(20)21)7-8-14(13)16/h7-9,11H,2-6,10H2,1H3. The molecule has 0 N–H and O–H groups in total. The minimum absolute atomic E-state index is 0.117. The Hall–Kier alpha value is -1.62. The van der Waals surface area contributed by atoms with Crippen molar-refractivity contribution in [3.63, 3.8) is 0 Å². The zero-order valence-electron chi connectivity index (χ0n) is 12.0. The number of nitro groups is 1. The molecule has 21 heavy (non-hydrogen) atoms. The van der Waals surface area contributed by atoms with E-state index in [-0.39, 0.29) is 22.2 Å². The number of amides is 1. The summed E-state index contributed by atoms with van der Waals surface area (Å²) in [6.07, 6.45) is 5.97. The van der Waals surface area contributed by atoms with Crippen LogP contribution in [0.25, 0.3) is 0 Å². The molecule has 114 valence electrons. The fraction of sp³-hybridized carbons (Fsp3) is 0.533. The largest absolute Gasteiger partial charge is 0.341 e. The van der Waals surface area contributed by atoms with E-state index in [1.165, 1.54) is 37.5 Å². The second kappa shape index (κ2) is 6.89. The van der Waals surface area contributed by atoms with Crippen molar-refractivity contribution in [1.82, 2.24) is 4.90 Å². The number of carbonyl (C=O) groups excluding carboxylic acids is 1. The molecule has 0 spiro atoms. The van der Waals surface area contributed by atoms with Gasteiger partial charge in [-0.05, 0) is 24.8 Å². The Labute approximate surface area is 129 Å². The molecule has 1 saturated carbocycles. The first-order valence-electron chi connectivity index (χ1n) is 7.18. The number of rotatable bonds is 4. The molecule has 1 amide bonds. The summed E-state index contributed by atoms with van der Waals surface area (Å²) < 4.78 is 0. The summed E-state index contributed by atoms with van der Waals surface area (Å²) in [6, 6.07) is 3.96. The first-order chi connectivity index (χ1) is 9.99. The summed E-state index contributed by atoms with van der Waals surface area (Å²) in [4.78, 5) is 24.4. The molecule has 0 atom stereocenters. The van der Waals surface area contributed by atoms with Crippen molar-refractivity contribution in [2.24, 2.45) is 5.92 Å². The van der Waals surface area contributed by atoms with Crippen LogP contribution < -0.4 is 0 Å². The minimum atomic E-state index is -0.520. The zero-order chi connectivity index (χ0) is 15.4. The maximum absolute atomic E-state index is 12.4. The average molecular weight is 311 g/mol. The summed E-state index contributed by atoms with van der Waals surface area (Å²) in [6.45, 7) is 0.678. The van der Waals surface area contributed by atoms with E-state index in [2.05, 4.69) is 0 Å². The van der Waals surface area contributed by atoms with Gasteiger partial charge in [0.15, 0.2) is 0 Å². The lowest BCUT2D eigenvalue weighted by Crippen LogP contribution is -2.32. The molecule has 2 rings (SSSR count). The molecule has 0 heterocycles. The Morgan fingerprint density at radius 2 is 2.05 bits per heavy atom. The molecule has 5 nitrogen and oxygen atoms in total. The highest BCUT2D eigenvalue weighted by Crippen LogP contribution is 2.26. The highest BCUT2D eigenvalue weighted by molar-refractivity contribution is 6.33. The lowest BCUT2D eigenvalue weighted by Gasteiger charge is -2.27. The summed E-state index contributed by atoms with van der Waals surface area (Å²) in [5.41, 5.74) is 0.0815. The van der Waals surface area contributed by atoms with Crippen molar-refractivity contribution < 1.29 is 9.72 Å². The molecule has 1 aliphatic rings. The molecule has 0 radical (unpaired) electrons. The topological polar surface area (TPSA) is 63.5 Å². The van der Waals surface area contributed by atoms with E-state index in [0.717, 1.165) is 12.8 Å². The molecule has 6 heteroatoms. The lowest BCUT2D eigenvalue weighted by molar-refractivity contribution is -0.384. The lowest BCUT2D eigenvalue weighted by atomic mass is 9.89. The summed E-state index contributed by atoms with van der Waals surface area (Å²) in [7, 11) is 1.73. The Balaban J connectivity index is 2.10. The van der Waals surface area contributed by atoms with Crippen LogP contribution in [0.5, 0.6) is 0 Å². The molecular formula is C15H19ClN2O3. The van der Waals surface area contributed by atoms with Crippen molar-refractivity contribution in [3.8, 4) is 0 Å². The quantitative estimate of drug-likeness (QED) is 0.626. The number of hydrogen-bond acceptors (Lipinski definition) is 3. The predicted molar refractivity (Wildman–Crippen MR) is 81.6 cm³/mol. The van der Waals surface area contributed by atoms with Gasteiger partial charge in [-0.1, -0.05) is 30.9 Å². The third-order valence-electron chi connectivity index (χ3n) is 3.99. The van der Waals surface area contributed by atoms with Gasteiger partial charge in [-0.2, -0.15) is 0 Å². The Bertz CT molecular complexity index is 542. The number of hydrogen-bond donors (Lipinski definition) is 0. The van der Waals surface area contributed by atoms with E-state index >= 15 is 0 Å². The van der Waals surface area contributed by atoms with E-state index in [0.29, 0.717) is 12.5 Å². The van der Waals surface area contributed by atoms with Crippen molar-refractivity contribution in [2.75, 3.05) is 13.6 Å². The van der Waals surface area contributed by atoms with Crippen LogP contribution in [0.4, 0.5) is 5.69 Å². The van der Waals surface area contributed by atoms with E-state index in [9.17, 15) is 14.9 Å². The van der Waals surface area contributed by atoms with Gasteiger partial charge in [-0.25, -0.2) is 0 Å². The molecule has 0 aromatic heterocycles. The number of nitro benzene ring substituents is 1. The van der Waals surface area contributed by atoms with Crippen molar-refractivity contribution in [1.29, 1.82) is 0 Å². The van der Waals surface area contributed by atoms with Crippen LogP contribution >= 0.6 is 11.6 Å².